The van der Waals surface area contributed by atoms with Gasteiger partial charge in [0.1, 0.15) is 0 Å². The van der Waals surface area contributed by atoms with Gasteiger partial charge in [0, 0.05) is 26.2 Å². The highest BCUT2D eigenvalue weighted by molar-refractivity contribution is 7.91. The summed E-state index contributed by atoms with van der Waals surface area (Å²) in [7, 11) is -1.47. The molecule has 1 fully saturated rings. The van der Waals surface area contributed by atoms with E-state index in [4.69, 9.17) is 0 Å². The summed E-state index contributed by atoms with van der Waals surface area (Å²) in [6.07, 6.45) is 4.43. The van der Waals surface area contributed by atoms with Gasteiger partial charge >= 0.3 is 6.03 Å². The van der Waals surface area contributed by atoms with Crippen LogP contribution in [0.1, 0.15) is 31.2 Å². The summed E-state index contributed by atoms with van der Waals surface area (Å²) in [5.41, 5.74) is 0.716. The lowest BCUT2D eigenvalue weighted by atomic mass is 10.2. The highest BCUT2D eigenvalue weighted by Crippen LogP contribution is 2.26. The first-order valence-electron chi connectivity index (χ1n) is 7.81. The Bertz CT molecular complexity index is 666. The topological polar surface area (TPSA) is 57.7 Å². The van der Waals surface area contributed by atoms with E-state index < -0.39 is 9.84 Å². The summed E-state index contributed by atoms with van der Waals surface area (Å²) < 4.78 is 24.7. The molecule has 6 heteroatoms. The highest BCUT2D eigenvalue weighted by Gasteiger charge is 2.31. The van der Waals surface area contributed by atoms with Gasteiger partial charge in [-0.3, -0.25) is 0 Å². The Kier molecular flexibility index (Phi) is 4.12. The fraction of sp³-hybridized carbons (Fsp3) is 0.562. The van der Waals surface area contributed by atoms with E-state index >= 15 is 0 Å². The fourth-order valence-electron chi connectivity index (χ4n) is 3.40. The van der Waals surface area contributed by atoms with E-state index in [1.54, 1.807) is 28.0 Å². The molecule has 0 atom stereocenters. The zero-order chi connectivity index (χ0) is 15.7. The lowest BCUT2D eigenvalue weighted by Gasteiger charge is -2.31. The molecule has 0 saturated heterocycles. The van der Waals surface area contributed by atoms with Crippen LogP contribution in [0.5, 0.6) is 0 Å². The van der Waals surface area contributed by atoms with Gasteiger partial charge in [0.25, 0.3) is 0 Å². The summed E-state index contributed by atoms with van der Waals surface area (Å²) in [5, 5.41) is 0. The van der Waals surface area contributed by atoms with Gasteiger partial charge in [-0.2, -0.15) is 0 Å². The van der Waals surface area contributed by atoms with E-state index in [-0.39, 0.29) is 18.3 Å². The van der Waals surface area contributed by atoms with Crippen LogP contribution in [0.15, 0.2) is 29.2 Å². The number of benzene rings is 1. The summed E-state index contributed by atoms with van der Waals surface area (Å²) >= 11 is 0. The molecule has 0 unspecified atom stereocenters. The second kappa shape index (κ2) is 5.91. The van der Waals surface area contributed by atoms with Crippen LogP contribution < -0.4 is 0 Å². The molecule has 120 valence electrons. The monoisotopic (exact) mass is 322 g/mol. The molecule has 0 bridgehead atoms. The predicted molar refractivity (Wildman–Crippen MR) is 84.3 cm³/mol. The average Bonchev–Trinajstić information content (AvgIpc) is 3.00. The van der Waals surface area contributed by atoms with Gasteiger partial charge < -0.3 is 9.80 Å². The Hall–Kier alpha value is -1.56. The van der Waals surface area contributed by atoms with Gasteiger partial charge in [0.15, 0.2) is 9.84 Å². The number of hydrogen-bond acceptors (Lipinski definition) is 3. The lowest BCUT2D eigenvalue weighted by Crippen LogP contribution is -2.45. The highest BCUT2D eigenvalue weighted by atomic mass is 32.2. The van der Waals surface area contributed by atoms with E-state index in [0.29, 0.717) is 23.0 Å². The Labute approximate surface area is 131 Å². The van der Waals surface area contributed by atoms with E-state index in [2.05, 4.69) is 0 Å². The Balaban J connectivity index is 1.83. The zero-order valence-corrected chi connectivity index (χ0v) is 13.7. The predicted octanol–water partition coefficient (Wildman–Crippen LogP) is 2.27. The van der Waals surface area contributed by atoms with Gasteiger partial charge in [-0.25, -0.2) is 13.2 Å². The first kappa shape index (κ1) is 15.3. The maximum absolute atomic E-state index is 12.7. The molecular weight excluding hydrogens is 300 g/mol. The number of nitrogens with zero attached hydrogens (tertiary/aromatic N) is 2. The number of rotatable bonds is 1. The van der Waals surface area contributed by atoms with Crippen molar-refractivity contribution in [2.24, 2.45) is 0 Å². The molecule has 22 heavy (non-hydrogen) atoms. The van der Waals surface area contributed by atoms with Crippen molar-refractivity contribution < 1.29 is 13.2 Å². The van der Waals surface area contributed by atoms with Crippen molar-refractivity contribution >= 4 is 15.9 Å². The Morgan fingerprint density at radius 3 is 2.64 bits per heavy atom. The molecule has 1 aliphatic heterocycles. The van der Waals surface area contributed by atoms with Crippen molar-refractivity contribution in [2.45, 2.75) is 43.2 Å². The molecular formula is C16H22N2O3S. The van der Waals surface area contributed by atoms with Crippen molar-refractivity contribution in [3.05, 3.63) is 29.8 Å². The maximum Gasteiger partial charge on any atom is 0.320 e. The van der Waals surface area contributed by atoms with Crippen LogP contribution >= 0.6 is 0 Å². The Morgan fingerprint density at radius 1 is 1.23 bits per heavy atom. The summed E-state index contributed by atoms with van der Waals surface area (Å²) in [6, 6.07) is 7.23. The van der Waals surface area contributed by atoms with Crippen LogP contribution in [-0.2, 0) is 16.4 Å². The molecule has 1 aliphatic carbocycles. The first-order valence-corrected chi connectivity index (χ1v) is 9.47. The van der Waals surface area contributed by atoms with Gasteiger partial charge in [-0.1, -0.05) is 31.0 Å². The molecule has 0 N–H and O–H groups in total. The third-order valence-corrected chi connectivity index (χ3v) is 6.53. The van der Waals surface area contributed by atoms with Gasteiger partial charge in [-0.05, 0) is 24.5 Å². The van der Waals surface area contributed by atoms with E-state index in [1.807, 2.05) is 13.1 Å². The van der Waals surface area contributed by atoms with E-state index in [0.717, 1.165) is 12.8 Å². The summed E-state index contributed by atoms with van der Waals surface area (Å²) in [5.74, 6) is -0.00569. The van der Waals surface area contributed by atoms with Crippen molar-refractivity contribution in [1.29, 1.82) is 0 Å². The molecule has 1 aromatic rings. The zero-order valence-electron chi connectivity index (χ0n) is 12.9. The summed E-state index contributed by atoms with van der Waals surface area (Å²) in [6.45, 7) is 0.623. The molecule has 3 rings (SSSR count). The third kappa shape index (κ3) is 2.84. The molecule has 1 aromatic carbocycles. The second-order valence-corrected chi connectivity index (χ2v) is 8.26. The molecule has 1 saturated carbocycles. The van der Waals surface area contributed by atoms with Crippen LogP contribution in [0.3, 0.4) is 0 Å². The van der Waals surface area contributed by atoms with Gasteiger partial charge in [0.2, 0.25) is 0 Å². The molecule has 2 amide bonds. The smallest absolute Gasteiger partial charge is 0.320 e. The van der Waals surface area contributed by atoms with E-state index in [1.165, 1.54) is 12.8 Å². The number of carbonyl (C=O) groups is 1. The molecule has 0 radical (unpaired) electrons. The number of urea groups is 1. The number of fused-ring (bicyclic) bond motifs is 1. The van der Waals surface area contributed by atoms with Crippen LogP contribution in [0.25, 0.3) is 0 Å². The van der Waals surface area contributed by atoms with Crippen molar-refractivity contribution in [2.75, 3.05) is 19.3 Å². The third-order valence-electron chi connectivity index (χ3n) is 4.74. The van der Waals surface area contributed by atoms with Crippen LogP contribution in [0.2, 0.25) is 0 Å². The number of sulfone groups is 1. The number of hydrogen-bond donors (Lipinski definition) is 0. The van der Waals surface area contributed by atoms with Crippen molar-refractivity contribution in [3.8, 4) is 0 Å². The Morgan fingerprint density at radius 2 is 1.91 bits per heavy atom. The normalized spacial score (nSPS) is 21.2. The van der Waals surface area contributed by atoms with Crippen LogP contribution in [-0.4, -0.2) is 49.6 Å². The standard InChI is InChI=1S/C16H22N2O3S/c1-17(14-7-3-4-8-14)16(19)18-10-11-22(20,21)15-9-5-2-6-13(15)12-18/h2,5-6,9,14H,3-4,7-8,10-12H2,1H3. The fourth-order valence-corrected chi connectivity index (χ4v) is 4.90. The number of amides is 2. The van der Waals surface area contributed by atoms with E-state index in [9.17, 15) is 13.2 Å². The van der Waals surface area contributed by atoms with Crippen molar-refractivity contribution in [3.63, 3.8) is 0 Å². The van der Waals surface area contributed by atoms with Crippen LogP contribution in [0, 0.1) is 0 Å². The van der Waals surface area contributed by atoms with Crippen molar-refractivity contribution in [1.82, 2.24) is 9.80 Å². The van der Waals surface area contributed by atoms with Gasteiger partial charge in [0.05, 0.1) is 10.6 Å². The quantitative estimate of drug-likeness (QED) is 0.797. The molecule has 5 nitrogen and oxygen atoms in total. The SMILES string of the molecule is CN(C(=O)N1CCS(=O)(=O)c2ccccc2C1)C1CCCC1. The molecule has 1 heterocycles. The summed E-state index contributed by atoms with van der Waals surface area (Å²) in [4.78, 5) is 16.6. The molecule has 0 aromatic heterocycles. The lowest BCUT2D eigenvalue weighted by molar-refractivity contribution is 0.147. The maximum atomic E-state index is 12.7. The minimum absolute atomic E-state index is 0.00569. The van der Waals surface area contributed by atoms with Gasteiger partial charge in [-0.15, -0.1) is 0 Å². The largest absolute Gasteiger partial charge is 0.325 e. The average molecular weight is 322 g/mol. The minimum atomic E-state index is -3.30. The second-order valence-electron chi connectivity index (χ2n) is 6.18. The number of carbonyl (C=O) groups excluding carboxylic acids is 1. The minimum Gasteiger partial charge on any atom is -0.325 e. The molecule has 0 spiro atoms. The first-order chi connectivity index (χ1) is 10.5. The van der Waals surface area contributed by atoms with Crippen LogP contribution in [0.4, 0.5) is 4.79 Å². The molecule has 2 aliphatic rings.